The van der Waals surface area contributed by atoms with Crippen molar-refractivity contribution in [1.29, 1.82) is 0 Å². The van der Waals surface area contributed by atoms with Crippen LogP contribution < -0.4 is 18.8 Å². The number of ether oxygens (including phenoxy) is 4. The Labute approximate surface area is 203 Å². The third-order valence-electron chi connectivity index (χ3n) is 6.13. The number of hydrogen-bond acceptors (Lipinski definition) is 8. The first-order chi connectivity index (χ1) is 16.9. The van der Waals surface area contributed by atoms with E-state index in [1.54, 1.807) is 12.1 Å². The normalized spacial score (nSPS) is 24.6. The van der Waals surface area contributed by atoms with Gasteiger partial charge in [-0.1, -0.05) is 12.1 Å². The molecule has 0 bridgehead atoms. The van der Waals surface area contributed by atoms with Gasteiger partial charge in [-0.25, -0.2) is 0 Å². The second-order valence-corrected chi connectivity index (χ2v) is 8.28. The summed E-state index contributed by atoms with van der Waals surface area (Å²) < 4.78 is 24.4. The monoisotopic (exact) mass is 484 g/mol. The highest BCUT2D eigenvalue weighted by Gasteiger charge is 2.45. The topological polar surface area (TPSA) is 122 Å². The minimum Gasteiger partial charge on any atom is -0.493 e. The standard InChI is InChI=1S/C26H30NO8/c1-27-17(11-9-16-6-4-5-7-18(16)27)10-8-15-12-19(32-2)25(20(13-15)33-3)35-26-24(31)23(30)22(29)21(14-28)34-26/h4-13,21-24,26,28-31H,14H2,1-3H3/q+1/b10-8+/t21-,22+,23+,24-,26+/m1/s1. The molecule has 9 nitrogen and oxygen atoms in total. The predicted molar refractivity (Wildman–Crippen MR) is 128 cm³/mol. The number of nitrogens with zero attached hydrogens (tertiary/aromatic N) is 1. The number of benzene rings is 2. The van der Waals surface area contributed by atoms with Crippen molar-refractivity contribution >= 4 is 23.1 Å². The van der Waals surface area contributed by atoms with Gasteiger partial charge in [-0.05, 0) is 35.9 Å². The lowest BCUT2D eigenvalue weighted by molar-refractivity contribution is -0.646. The van der Waals surface area contributed by atoms with E-state index in [0.29, 0.717) is 11.5 Å². The molecule has 0 saturated carbocycles. The van der Waals surface area contributed by atoms with E-state index < -0.39 is 37.3 Å². The highest BCUT2D eigenvalue weighted by molar-refractivity contribution is 5.77. The van der Waals surface area contributed by atoms with E-state index in [1.807, 2.05) is 37.4 Å². The van der Waals surface area contributed by atoms with Gasteiger partial charge < -0.3 is 39.4 Å². The Morgan fingerprint density at radius 1 is 0.914 bits per heavy atom. The van der Waals surface area contributed by atoms with Crippen molar-refractivity contribution in [3.63, 3.8) is 0 Å². The van der Waals surface area contributed by atoms with Gasteiger partial charge >= 0.3 is 0 Å². The Kier molecular flexibility index (Phi) is 7.54. The van der Waals surface area contributed by atoms with Crippen LogP contribution in [0.1, 0.15) is 11.3 Å². The number of pyridine rings is 1. The first kappa shape index (κ1) is 24.9. The van der Waals surface area contributed by atoms with Crippen molar-refractivity contribution < 1.29 is 43.9 Å². The minimum atomic E-state index is -1.56. The molecule has 2 heterocycles. The van der Waals surface area contributed by atoms with Crippen LogP contribution in [0.5, 0.6) is 17.2 Å². The quantitative estimate of drug-likeness (QED) is 0.367. The van der Waals surface area contributed by atoms with E-state index in [2.05, 4.69) is 22.8 Å². The van der Waals surface area contributed by atoms with Crippen LogP contribution in [0.2, 0.25) is 0 Å². The van der Waals surface area contributed by atoms with Crippen LogP contribution in [-0.4, -0.2) is 72.0 Å². The Morgan fingerprint density at radius 2 is 1.60 bits per heavy atom. The van der Waals surface area contributed by atoms with Gasteiger partial charge in [0.25, 0.3) is 0 Å². The van der Waals surface area contributed by atoms with Crippen LogP contribution in [0.4, 0.5) is 0 Å². The molecule has 35 heavy (non-hydrogen) atoms. The molecule has 186 valence electrons. The van der Waals surface area contributed by atoms with Gasteiger partial charge in [0, 0.05) is 23.6 Å². The average molecular weight is 485 g/mol. The lowest BCUT2D eigenvalue weighted by Crippen LogP contribution is -2.60. The molecule has 2 aromatic carbocycles. The molecule has 1 aromatic heterocycles. The molecule has 3 aromatic rings. The summed E-state index contributed by atoms with van der Waals surface area (Å²) in [5.41, 5.74) is 2.87. The zero-order chi connectivity index (χ0) is 25.1. The summed E-state index contributed by atoms with van der Waals surface area (Å²) in [6.45, 7) is -0.561. The third-order valence-corrected chi connectivity index (χ3v) is 6.13. The molecule has 4 N–H and O–H groups in total. The maximum absolute atomic E-state index is 10.3. The first-order valence-corrected chi connectivity index (χ1v) is 11.2. The van der Waals surface area contributed by atoms with Gasteiger partial charge in [-0.3, -0.25) is 0 Å². The zero-order valence-electron chi connectivity index (χ0n) is 19.7. The van der Waals surface area contributed by atoms with Gasteiger partial charge in [0.05, 0.1) is 20.8 Å². The number of hydrogen-bond donors (Lipinski definition) is 4. The first-order valence-electron chi connectivity index (χ1n) is 11.2. The molecule has 5 atom stereocenters. The van der Waals surface area contributed by atoms with Crippen molar-refractivity contribution in [3.05, 3.63) is 59.8 Å². The fourth-order valence-corrected chi connectivity index (χ4v) is 4.10. The Bertz CT molecular complexity index is 1190. The predicted octanol–water partition coefficient (Wildman–Crippen LogP) is 1.03. The zero-order valence-corrected chi connectivity index (χ0v) is 19.7. The Balaban J connectivity index is 1.63. The van der Waals surface area contributed by atoms with Crippen LogP contribution >= 0.6 is 0 Å². The van der Waals surface area contributed by atoms with E-state index in [-0.39, 0.29) is 5.75 Å². The summed E-state index contributed by atoms with van der Waals surface area (Å²) in [4.78, 5) is 0. The SMILES string of the molecule is COc1cc(/C=C/c2ccc3ccccc3[n+]2C)cc(OC)c1O[C@@H]1O[C@H](CO)[C@H](O)[C@H](O)[C@H]1O. The molecular formula is C26H30NO8+. The number of fused-ring (bicyclic) bond motifs is 1. The molecule has 1 aliphatic rings. The van der Waals surface area contributed by atoms with E-state index in [0.717, 1.165) is 22.2 Å². The smallest absolute Gasteiger partial charge is 0.229 e. The number of para-hydroxylation sites is 1. The summed E-state index contributed by atoms with van der Waals surface area (Å²) in [5.74, 6) is 0.764. The largest absolute Gasteiger partial charge is 0.493 e. The average Bonchev–Trinajstić information content (AvgIpc) is 2.88. The third kappa shape index (κ3) is 4.95. The van der Waals surface area contributed by atoms with Crippen LogP contribution in [0.15, 0.2) is 48.5 Å². The summed E-state index contributed by atoms with van der Waals surface area (Å²) in [5, 5.41) is 41.0. The second-order valence-electron chi connectivity index (χ2n) is 8.28. The maximum atomic E-state index is 10.3. The molecule has 1 saturated heterocycles. The van der Waals surface area contributed by atoms with E-state index >= 15 is 0 Å². The molecule has 0 spiro atoms. The van der Waals surface area contributed by atoms with E-state index in [1.165, 1.54) is 14.2 Å². The molecule has 1 fully saturated rings. The van der Waals surface area contributed by atoms with Gasteiger partial charge in [-0.2, -0.15) is 4.57 Å². The van der Waals surface area contributed by atoms with Crippen molar-refractivity contribution in [2.75, 3.05) is 20.8 Å². The van der Waals surface area contributed by atoms with E-state index in [4.69, 9.17) is 18.9 Å². The number of aryl methyl sites for hydroxylation is 1. The Morgan fingerprint density at radius 3 is 2.26 bits per heavy atom. The lowest BCUT2D eigenvalue weighted by Gasteiger charge is -2.39. The molecule has 0 radical (unpaired) electrons. The summed E-state index contributed by atoms with van der Waals surface area (Å²) >= 11 is 0. The number of aliphatic hydroxyl groups excluding tert-OH is 4. The van der Waals surface area contributed by atoms with Crippen LogP contribution in [0, 0.1) is 0 Å². The van der Waals surface area contributed by atoms with Gasteiger partial charge in [0.1, 0.15) is 31.5 Å². The molecule has 0 aliphatic carbocycles. The summed E-state index contributed by atoms with van der Waals surface area (Å²) in [6, 6.07) is 15.7. The van der Waals surface area contributed by atoms with Crippen molar-refractivity contribution in [3.8, 4) is 17.2 Å². The number of rotatable bonds is 7. The highest BCUT2D eigenvalue weighted by Crippen LogP contribution is 2.41. The second kappa shape index (κ2) is 10.6. The van der Waals surface area contributed by atoms with Crippen LogP contribution in [0.3, 0.4) is 0 Å². The molecule has 4 rings (SSSR count). The van der Waals surface area contributed by atoms with Gasteiger partial charge in [-0.15, -0.1) is 0 Å². The molecule has 9 heteroatoms. The van der Waals surface area contributed by atoms with Crippen molar-refractivity contribution in [1.82, 2.24) is 0 Å². The fourth-order valence-electron chi connectivity index (χ4n) is 4.10. The molecule has 0 amide bonds. The number of aliphatic hydroxyl groups is 4. The fraction of sp³-hybridized carbons (Fsp3) is 0.346. The highest BCUT2D eigenvalue weighted by atomic mass is 16.7. The van der Waals surface area contributed by atoms with Gasteiger partial charge in [0.2, 0.25) is 23.3 Å². The minimum absolute atomic E-state index is 0.146. The summed E-state index contributed by atoms with van der Waals surface area (Å²) in [6.07, 6.45) is -3.19. The lowest BCUT2D eigenvalue weighted by atomic mass is 9.99. The van der Waals surface area contributed by atoms with E-state index in [9.17, 15) is 20.4 Å². The molecular weight excluding hydrogens is 454 g/mol. The van der Waals surface area contributed by atoms with Crippen molar-refractivity contribution in [2.45, 2.75) is 30.7 Å². The molecule has 1 aliphatic heterocycles. The number of aromatic nitrogens is 1. The van der Waals surface area contributed by atoms with Crippen LogP contribution in [0.25, 0.3) is 23.1 Å². The maximum Gasteiger partial charge on any atom is 0.229 e. The van der Waals surface area contributed by atoms with Crippen LogP contribution in [-0.2, 0) is 11.8 Å². The van der Waals surface area contributed by atoms with Crippen molar-refractivity contribution in [2.24, 2.45) is 7.05 Å². The summed E-state index contributed by atoms with van der Waals surface area (Å²) in [7, 11) is 4.93. The van der Waals surface area contributed by atoms with Gasteiger partial charge in [0.15, 0.2) is 11.5 Å². The molecule has 0 unspecified atom stereocenters. The Hall–Kier alpha value is -3.21. The number of methoxy groups -OCH3 is 2.